The fourth-order valence-electron chi connectivity index (χ4n) is 3.18. The Bertz CT molecular complexity index is 677. The van der Waals surface area contributed by atoms with Crippen LogP contribution >= 0.6 is 0 Å². The van der Waals surface area contributed by atoms with Crippen LogP contribution in [0.1, 0.15) is 29.6 Å². The molecule has 0 aromatic heterocycles. The highest BCUT2D eigenvalue weighted by molar-refractivity contribution is 6.00. The number of hydrogen-bond acceptors (Lipinski definition) is 3. The summed E-state index contributed by atoms with van der Waals surface area (Å²) in [6, 6.07) is 17.5. The Morgan fingerprint density at radius 1 is 1.04 bits per heavy atom. The van der Waals surface area contributed by atoms with Gasteiger partial charge in [-0.3, -0.25) is 4.79 Å². The number of carbonyl (C=O) groups excluding carboxylic acids is 1. The predicted octanol–water partition coefficient (Wildman–Crippen LogP) is 2.59. The molecule has 24 heavy (non-hydrogen) atoms. The first-order valence-corrected chi connectivity index (χ1v) is 8.54. The quantitative estimate of drug-likeness (QED) is 0.810. The summed E-state index contributed by atoms with van der Waals surface area (Å²) in [6.07, 6.45) is 2.29. The van der Waals surface area contributed by atoms with Gasteiger partial charge < -0.3 is 15.7 Å². The van der Waals surface area contributed by atoms with Crippen LogP contribution in [0.3, 0.4) is 0 Å². The lowest BCUT2D eigenvalue weighted by molar-refractivity contribution is 0.0276. The van der Waals surface area contributed by atoms with E-state index < -0.39 is 5.60 Å². The first-order chi connectivity index (χ1) is 11.7. The molecule has 1 aliphatic heterocycles. The predicted molar refractivity (Wildman–Crippen MR) is 95.9 cm³/mol. The van der Waals surface area contributed by atoms with Crippen LogP contribution in [-0.4, -0.2) is 36.2 Å². The van der Waals surface area contributed by atoms with E-state index >= 15 is 0 Å². The van der Waals surface area contributed by atoms with Crippen molar-refractivity contribution < 1.29 is 9.90 Å². The number of rotatable bonds is 4. The summed E-state index contributed by atoms with van der Waals surface area (Å²) < 4.78 is 0. The number of aliphatic hydroxyl groups is 1. The third-order valence-corrected chi connectivity index (χ3v) is 4.60. The highest BCUT2D eigenvalue weighted by Crippen LogP contribution is 2.24. The molecule has 1 atom stereocenters. The zero-order valence-corrected chi connectivity index (χ0v) is 13.8. The summed E-state index contributed by atoms with van der Waals surface area (Å²) in [5.74, 6) is -0.139. The molecule has 1 fully saturated rings. The minimum atomic E-state index is -0.819. The molecule has 1 aliphatic rings. The Hall–Kier alpha value is -2.17. The summed E-state index contributed by atoms with van der Waals surface area (Å²) in [5, 5.41) is 16.9. The molecule has 1 amide bonds. The Morgan fingerprint density at radius 2 is 1.79 bits per heavy atom. The molecule has 3 N–H and O–H groups in total. The summed E-state index contributed by atoms with van der Waals surface area (Å²) in [7, 11) is 0. The lowest BCUT2D eigenvalue weighted by atomic mass is 9.94. The van der Waals surface area contributed by atoms with Crippen molar-refractivity contribution in [1.29, 1.82) is 0 Å². The second kappa shape index (κ2) is 7.60. The molecule has 0 saturated carbocycles. The molecule has 126 valence electrons. The van der Waals surface area contributed by atoms with Crippen molar-refractivity contribution in [1.82, 2.24) is 10.6 Å². The van der Waals surface area contributed by atoms with Crippen LogP contribution in [0.4, 0.5) is 0 Å². The standard InChI is InChI=1S/C20H24N2O2/c23-19(22-15-20(24)11-6-13-21-14-12-20)18-10-5-4-9-17(18)16-7-2-1-3-8-16/h1-5,7-10,21,24H,6,11-15H2,(H,22,23). The van der Waals surface area contributed by atoms with Gasteiger partial charge in [0.2, 0.25) is 0 Å². The van der Waals surface area contributed by atoms with E-state index in [0.717, 1.165) is 30.6 Å². The van der Waals surface area contributed by atoms with Gasteiger partial charge in [0, 0.05) is 12.1 Å². The molecule has 0 aliphatic carbocycles. The molecule has 0 radical (unpaired) electrons. The first kappa shape index (κ1) is 16.7. The van der Waals surface area contributed by atoms with Crippen molar-refractivity contribution in [3.8, 4) is 11.1 Å². The van der Waals surface area contributed by atoms with Crippen LogP contribution in [-0.2, 0) is 0 Å². The molecule has 4 heteroatoms. The average Bonchev–Trinajstić information content (AvgIpc) is 2.85. The van der Waals surface area contributed by atoms with Crippen LogP contribution in [0, 0.1) is 0 Å². The molecule has 0 bridgehead atoms. The van der Waals surface area contributed by atoms with Crippen molar-refractivity contribution >= 4 is 5.91 Å². The lowest BCUT2D eigenvalue weighted by Crippen LogP contribution is -2.43. The van der Waals surface area contributed by atoms with E-state index in [0.29, 0.717) is 18.4 Å². The van der Waals surface area contributed by atoms with Gasteiger partial charge in [0.25, 0.3) is 5.91 Å². The Labute approximate surface area is 142 Å². The normalized spacial score (nSPS) is 21.0. The highest BCUT2D eigenvalue weighted by atomic mass is 16.3. The zero-order chi connectivity index (χ0) is 16.8. The second-order valence-corrected chi connectivity index (χ2v) is 6.42. The molecule has 2 aromatic carbocycles. The fraction of sp³-hybridized carbons (Fsp3) is 0.350. The van der Waals surface area contributed by atoms with Crippen LogP contribution in [0.25, 0.3) is 11.1 Å². The van der Waals surface area contributed by atoms with Crippen molar-refractivity contribution in [2.24, 2.45) is 0 Å². The SMILES string of the molecule is O=C(NCC1(O)CCCNCC1)c1ccccc1-c1ccccc1. The van der Waals surface area contributed by atoms with Crippen molar-refractivity contribution in [3.63, 3.8) is 0 Å². The summed E-state index contributed by atoms with van der Waals surface area (Å²) in [4.78, 5) is 12.7. The van der Waals surface area contributed by atoms with E-state index in [2.05, 4.69) is 10.6 Å². The number of nitrogens with one attached hydrogen (secondary N) is 2. The van der Waals surface area contributed by atoms with Gasteiger partial charge in [0.15, 0.2) is 0 Å². The Morgan fingerprint density at radius 3 is 2.62 bits per heavy atom. The summed E-state index contributed by atoms with van der Waals surface area (Å²) in [5.41, 5.74) is 1.74. The summed E-state index contributed by atoms with van der Waals surface area (Å²) in [6.45, 7) is 2.00. The maximum atomic E-state index is 12.7. The van der Waals surface area contributed by atoms with Crippen LogP contribution in [0.2, 0.25) is 0 Å². The molecular weight excluding hydrogens is 300 g/mol. The van der Waals surface area contributed by atoms with E-state index in [1.807, 2.05) is 54.6 Å². The molecule has 1 saturated heterocycles. The smallest absolute Gasteiger partial charge is 0.252 e. The minimum absolute atomic E-state index is 0.139. The van der Waals surface area contributed by atoms with E-state index in [4.69, 9.17) is 0 Å². The number of hydrogen-bond donors (Lipinski definition) is 3. The molecule has 1 heterocycles. The highest BCUT2D eigenvalue weighted by Gasteiger charge is 2.28. The van der Waals surface area contributed by atoms with Crippen molar-refractivity contribution in [2.75, 3.05) is 19.6 Å². The van der Waals surface area contributed by atoms with E-state index in [-0.39, 0.29) is 12.5 Å². The molecule has 1 unspecified atom stereocenters. The molecule has 4 nitrogen and oxygen atoms in total. The second-order valence-electron chi connectivity index (χ2n) is 6.42. The minimum Gasteiger partial charge on any atom is -0.388 e. The van der Waals surface area contributed by atoms with Crippen LogP contribution < -0.4 is 10.6 Å². The van der Waals surface area contributed by atoms with Gasteiger partial charge >= 0.3 is 0 Å². The van der Waals surface area contributed by atoms with E-state index in [1.165, 1.54) is 0 Å². The van der Waals surface area contributed by atoms with Gasteiger partial charge in [-0.25, -0.2) is 0 Å². The third-order valence-electron chi connectivity index (χ3n) is 4.60. The topological polar surface area (TPSA) is 61.4 Å². The largest absolute Gasteiger partial charge is 0.388 e. The molecule has 2 aromatic rings. The Balaban J connectivity index is 1.74. The molecular formula is C20H24N2O2. The van der Waals surface area contributed by atoms with Gasteiger partial charge in [0.1, 0.15) is 0 Å². The van der Waals surface area contributed by atoms with E-state index in [9.17, 15) is 9.90 Å². The van der Waals surface area contributed by atoms with Gasteiger partial charge in [-0.1, -0.05) is 48.5 Å². The van der Waals surface area contributed by atoms with E-state index in [1.54, 1.807) is 0 Å². The lowest BCUT2D eigenvalue weighted by Gasteiger charge is -2.26. The maximum Gasteiger partial charge on any atom is 0.252 e. The average molecular weight is 324 g/mol. The number of benzene rings is 2. The Kier molecular flexibility index (Phi) is 5.28. The summed E-state index contributed by atoms with van der Waals surface area (Å²) >= 11 is 0. The number of amides is 1. The maximum absolute atomic E-state index is 12.7. The van der Waals surface area contributed by atoms with Gasteiger partial charge in [0.05, 0.1) is 5.60 Å². The van der Waals surface area contributed by atoms with Crippen LogP contribution in [0.15, 0.2) is 54.6 Å². The van der Waals surface area contributed by atoms with Gasteiger partial charge in [-0.2, -0.15) is 0 Å². The van der Waals surface area contributed by atoms with Crippen molar-refractivity contribution in [3.05, 3.63) is 60.2 Å². The molecule has 3 rings (SSSR count). The van der Waals surface area contributed by atoms with Crippen molar-refractivity contribution in [2.45, 2.75) is 24.9 Å². The third kappa shape index (κ3) is 4.02. The number of carbonyl (C=O) groups is 1. The monoisotopic (exact) mass is 324 g/mol. The van der Waals surface area contributed by atoms with Gasteiger partial charge in [-0.05, 0) is 49.5 Å². The van der Waals surface area contributed by atoms with Crippen LogP contribution in [0.5, 0.6) is 0 Å². The first-order valence-electron chi connectivity index (χ1n) is 8.54. The molecule has 0 spiro atoms. The fourth-order valence-corrected chi connectivity index (χ4v) is 3.18. The van der Waals surface area contributed by atoms with Gasteiger partial charge in [-0.15, -0.1) is 0 Å². The zero-order valence-electron chi connectivity index (χ0n) is 13.8.